The Bertz CT molecular complexity index is 819. The summed E-state index contributed by atoms with van der Waals surface area (Å²) in [5, 5.41) is 3.29. The number of carbonyl (C=O) groups excluding carboxylic acids is 2. The highest BCUT2D eigenvalue weighted by atomic mass is 16.5. The van der Waals surface area contributed by atoms with Gasteiger partial charge in [-0.15, -0.1) is 0 Å². The van der Waals surface area contributed by atoms with Gasteiger partial charge in [0.1, 0.15) is 11.5 Å². The van der Waals surface area contributed by atoms with Crippen LogP contribution in [0.25, 0.3) is 0 Å². The largest absolute Gasteiger partial charge is 0.496 e. The van der Waals surface area contributed by atoms with E-state index in [0.29, 0.717) is 23.4 Å². The molecule has 26 heavy (non-hydrogen) atoms. The SMILES string of the molecule is COC(=O)C1=C(C)NC2=CC(C)(C)CC(=O)C2C1c1ccccc1OC. The summed E-state index contributed by atoms with van der Waals surface area (Å²) in [5.41, 5.74) is 2.64. The van der Waals surface area contributed by atoms with Crippen LogP contribution in [0.1, 0.15) is 38.7 Å². The van der Waals surface area contributed by atoms with E-state index in [1.807, 2.05) is 45.0 Å². The molecule has 138 valence electrons. The molecule has 3 rings (SSSR count). The number of hydrogen-bond acceptors (Lipinski definition) is 5. The molecule has 5 heteroatoms. The standard InChI is InChI=1S/C21H25NO4/c1-12-17(20(24)26-5)18(13-8-6-7-9-16(13)25-4)19-14(22-12)10-21(2,3)11-15(19)23/h6-10,18-19,22H,11H2,1-5H3. The molecule has 0 radical (unpaired) electrons. The number of methoxy groups -OCH3 is 2. The quantitative estimate of drug-likeness (QED) is 0.843. The van der Waals surface area contributed by atoms with E-state index in [1.54, 1.807) is 7.11 Å². The maximum absolute atomic E-state index is 13.1. The van der Waals surface area contributed by atoms with Crippen molar-refractivity contribution in [3.8, 4) is 5.75 Å². The van der Waals surface area contributed by atoms with Gasteiger partial charge < -0.3 is 14.8 Å². The number of benzene rings is 1. The Morgan fingerprint density at radius 1 is 1.19 bits per heavy atom. The van der Waals surface area contributed by atoms with Crippen LogP contribution in [-0.2, 0) is 14.3 Å². The smallest absolute Gasteiger partial charge is 0.336 e. The Labute approximate surface area is 154 Å². The predicted octanol–water partition coefficient (Wildman–Crippen LogP) is 3.33. The molecule has 2 unspecified atom stereocenters. The van der Waals surface area contributed by atoms with E-state index in [4.69, 9.17) is 9.47 Å². The van der Waals surface area contributed by atoms with Crippen molar-refractivity contribution < 1.29 is 19.1 Å². The molecule has 1 aliphatic heterocycles. The third-order valence-electron chi connectivity index (χ3n) is 5.12. The fraction of sp³-hybridized carbons (Fsp3) is 0.429. The van der Waals surface area contributed by atoms with Crippen LogP contribution in [0.3, 0.4) is 0 Å². The van der Waals surface area contributed by atoms with Gasteiger partial charge in [0, 0.05) is 29.3 Å². The topological polar surface area (TPSA) is 64.6 Å². The van der Waals surface area contributed by atoms with Crippen molar-refractivity contribution in [2.75, 3.05) is 14.2 Å². The van der Waals surface area contributed by atoms with Crippen molar-refractivity contribution in [3.63, 3.8) is 0 Å². The second-order valence-electron chi connectivity index (χ2n) is 7.58. The molecule has 2 aliphatic rings. The highest BCUT2D eigenvalue weighted by Crippen LogP contribution is 2.48. The van der Waals surface area contributed by atoms with Gasteiger partial charge in [-0.3, -0.25) is 4.79 Å². The highest BCUT2D eigenvalue weighted by molar-refractivity contribution is 5.96. The number of rotatable bonds is 3. The van der Waals surface area contributed by atoms with Crippen LogP contribution in [0.15, 0.2) is 47.3 Å². The Morgan fingerprint density at radius 3 is 2.54 bits per heavy atom. The molecule has 1 aromatic rings. The number of fused-ring (bicyclic) bond motifs is 1. The van der Waals surface area contributed by atoms with Crippen molar-refractivity contribution in [1.29, 1.82) is 0 Å². The van der Waals surface area contributed by atoms with Crippen molar-refractivity contribution in [2.24, 2.45) is 11.3 Å². The first-order chi connectivity index (χ1) is 12.3. The fourth-order valence-corrected chi connectivity index (χ4v) is 4.11. The molecule has 1 aromatic carbocycles. The lowest BCUT2D eigenvalue weighted by atomic mass is 9.66. The minimum absolute atomic E-state index is 0.116. The zero-order chi connectivity index (χ0) is 19.1. The molecule has 1 aliphatic carbocycles. The lowest BCUT2D eigenvalue weighted by molar-refractivity contribution is -0.136. The molecule has 2 atom stereocenters. The zero-order valence-corrected chi connectivity index (χ0v) is 15.9. The maximum atomic E-state index is 13.1. The number of hydrogen-bond donors (Lipinski definition) is 1. The normalized spacial score (nSPS) is 24.3. The molecule has 0 spiro atoms. The van der Waals surface area contributed by atoms with Crippen molar-refractivity contribution in [1.82, 2.24) is 5.32 Å². The van der Waals surface area contributed by atoms with Crippen molar-refractivity contribution >= 4 is 11.8 Å². The summed E-state index contributed by atoms with van der Waals surface area (Å²) in [6.45, 7) is 5.93. The first-order valence-corrected chi connectivity index (χ1v) is 8.73. The summed E-state index contributed by atoms with van der Waals surface area (Å²) in [6.07, 6.45) is 2.54. The van der Waals surface area contributed by atoms with E-state index in [0.717, 1.165) is 11.3 Å². The lowest BCUT2D eigenvalue weighted by Crippen LogP contribution is -2.43. The van der Waals surface area contributed by atoms with E-state index in [2.05, 4.69) is 11.4 Å². The number of ether oxygens (including phenoxy) is 2. The van der Waals surface area contributed by atoms with Gasteiger partial charge in [0.2, 0.25) is 0 Å². The summed E-state index contributed by atoms with van der Waals surface area (Å²) in [5.74, 6) is -0.537. The first kappa shape index (κ1) is 18.2. The Hall–Kier alpha value is -2.56. The third kappa shape index (κ3) is 3.02. The van der Waals surface area contributed by atoms with Crippen LogP contribution in [0.5, 0.6) is 5.75 Å². The van der Waals surface area contributed by atoms with E-state index in [1.165, 1.54) is 7.11 Å². The number of para-hydroxylation sites is 1. The Kier molecular flexibility index (Phi) is 4.65. The number of carbonyl (C=O) groups is 2. The number of esters is 1. The molecule has 0 aromatic heterocycles. The highest BCUT2D eigenvalue weighted by Gasteiger charge is 2.46. The van der Waals surface area contributed by atoms with E-state index in [9.17, 15) is 9.59 Å². The van der Waals surface area contributed by atoms with E-state index < -0.39 is 17.8 Å². The van der Waals surface area contributed by atoms with Crippen LogP contribution >= 0.6 is 0 Å². The molecule has 0 bridgehead atoms. The Morgan fingerprint density at radius 2 is 1.88 bits per heavy atom. The molecule has 0 amide bonds. The van der Waals surface area contributed by atoms with Crippen LogP contribution in [-0.4, -0.2) is 26.0 Å². The van der Waals surface area contributed by atoms with E-state index >= 15 is 0 Å². The summed E-state index contributed by atoms with van der Waals surface area (Å²) < 4.78 is 10.6. The van der Waals surface area contributed by atoms with Crippen LogP contribution in [0.4, 0.5) is 0 Å². The summed E-state index contributed by atoms with van der Waals surface area (Å²) in [4.78, 5) is 25.7. The molecule has 1 N–H and O–H groups in total. The van der Waals surface area contributed by atoms with Gasteiger partial charge in [0.05, 0.1) is 25.7 Å². The molecule has 0 saturated carbocycles. The van der Waals surface area contributed by atoms with Gasteiger partial charge >= 0.3 is 5.97 Å². The van der Waals surface area contributed by atoms with Gasteiger partial charge in [-0.1, -0.05) is 38.1 Å². The average molecular weight is 355 g/mol. The maximum Gasteiger partial charge on any atom is 0.336 e. The lowest BCUT2D eigenvalue weighted by Gasteiger charge is -2.41. The summed E-state index contributed by atoms with van der Waals surface area (Å²) in [6, 6.07) is 7.53. The third-order valence-corrected chi connectivity index (χ3v) is 5.12. The van der Waals surface area contributed by atoms with Crippen LogP contribution in [0.2, 0.25) is 0 Å². The van der Waals surface area contributed by atoms with Crippen molar-refractivity contribution in [2.45, 2.75) is 33.1 Å². The second kappa shape index (κ2) is 6.63. The van der Waals surface area contributed by atoms with Gasteiger partial charge in [-0.05, 0) is 18.4 Å². The Balaban J connectivity index is 2.26. The van der Waals surface area contributed by atoms with Gasteiger partial charge in [0.25, 0.3) is 0 Å². The molecule has 0 saturated heterocycles. The number of nitrogens with one attached hydrogen (secondary N) is 1. The predicted molar refractivity (Wildman–Crippen MR) is 98.6 cm³/mol. The minimum atomic E-state index is -0.447. The summed E-state index contributed by atoms with van der Waals surface area (Å²) in [7, 11) is 2.95. The second-order valence-corrected chi connectivity index (χ2v) is 7.58. The van der Waals surface area contributed by atoms with E-state index in [-0.39, 0.29) is 11.2 Å². The molecular weight excluding hydrogens is 330 g/mol. The number of allylic oxidation sites excluding steroid dienone is 3. The van der Waals surface area contributed by atoms with Gasteiger partial charge in [-0.2, -0.15) is 0 Å². The fourth-order valence-electron chi connectivity index (χ4n) is 4.11. The van der Waals surface area contributed by atoms with Crippen LogP contribution in [0, 0.1) is 11.3 Å². The molecule has 0 fully saturated rings. The zero-order valence-electron chi connectivity index (χ0n) is 15.9. The molecule has 5 nitrogen and oxygen atoms in total. The average Bonchev–Trinajstić information content (AvgIpc) is 2.58. The summed E-state index contributed by atoms with van der Waals surface area (Å²) >= 11 is 0. The first-order valence-electron chi connectivity index (χ1n) is 8.73. The van der Waals surface area contributed by atoms with Gasteiger partial charge in [-0.25, -0.2) is 4.79 Å². The number of ketones is 1. The molecular formula is C21H25NO4. The van der Waals surface area contributed by atoms with Crippen LogP contribution < -0.4 is 10.1 Å². The minimum Gasteiger partial charge on any atom is -0.496 e. The van der Waals surface area contributed by atoms with Gasteiger partial charge in [0.15, 0.2) is 0 Å². The van der Waals surface area contributed by atoms with Crippen molar-refractivity contribution in [3.05, 3.63) is 52.9 Å². The molecule has 1 heterocycles. The number of Topliss-reactive ketones (excluding diaryl/α,β-unsaturated/α-hetero) is 1. The monoisotopic (exact) mass is 355 g/mol.